The zero-order valence-corrected chi connectivity index (χ0v) is 14.0. The van der Waals surface area contributed by atoms with Crippen LogP contribution in [-0.2, 0) is 5.41 Å². The number of carbonyl (C=O) groups excluding carboxylic acids is 1. The van der Waals surface area contributed by atoms with E-state index >= 15 is 0 Å². The molecule has 1 N–H and O–H groups in total. The molecule has 0 bridgehead atoms. The third-order valence-corrected chi connectivity index (χ3v) is 4.41. The molecule has 0 atom stereocenters. The van der Waals surface area contributed by atoms with Crippen molar-refractivity contribution in [2.45, 2.75) is 58.3 Å². The molecule has 0 spiro atoms. The Morgan fingerprint density at radius 2 is 2.00 bits per heavy atom. The molecular weight excluding hydrogens is 284 g/mol. The van der Waals surface area contributed by atoms with Gasteiger partial charge in [0.1, 0.15) is 5.15 Å². The number of rotatable bonds is 3. The van der Waals surface area contributed by atoms with E-state index in [-0.39, 0.29) is 11.3 Å². The monoisotopic (exact) mass is 308 g/mol. The van der Waals surface area contributed by atoms with Gasteiger partial charge in [-0.15, -0.1) is 0 Å². The number of hydrogen-bond donors (Lipinski definition) is 1. The van der Waals surface area contributed by atoms with Crippen LogP contribution in [0.15, 0.2) is 12.3 Å². The normalized spacial score (nSPS) is 16.8. The van der Waals surface area contributed by atoms with Crippen LogP contribution < -0.4 is 5.32 Å². The Kier molecular flexibility index (Phi) is 5.26. The van der Waals surface area contributed by atoms with Crippen LogP contribution in [-0.4, -0.2) is 17.4 Å². The van der Waals surface area contributed by atoms with Gasteiger partial charge in [0, 0.05) is 12.7 Å². The fourth-order valence-corrected chi connectivity index (χ4v) is 3.11. The first-order valence-electron chi connectivity index (χ1n) is 7.82. The van der Waals surface area contributed by atoms with Gasteiger partial charge in [0.15, 0.2) is 0 Å². The summed E-state index contributed by atoms with van der Waals surface area (Å²) in [6.45, 7) is 7.01. The van der Waals surface area contributed by atoms with Crippen LogP contribution in [0.1, 0.15) is 68.8 Å². The van der Waals surface area contributed by atoms with Crippen molar-refractivity contribution in [1.82, 2.24) is 10.3 Å². The Morgan fingerprint density at radius 3 is 2.62 bits per heavy atom. The lowest BCUT2D eigenvalue weighted by Gasteiger charge is -2.24. The van der Waals surface area contributed by atoms with E-state index in [1.807, 2.05) is 0 Å². The van der Waals surface area contributed by atoms with Crippen LogP contribution in [0.5, 0.6) is 0 Å². The van der Waals surface area contributed by atoms with Crippen molar-refractivity contribution in [2.75, 3.05) is 6.54 Å². The van der Waals surface area contributed by atoms with Crippen molar-refractivity contribution < 1.29 is 4.79 Å². The van der Waals surface area contributed by atoms with Gasteiger partial charge in [-0.3, -0.25) is 4.79 Å². The molecule has 3 nitrogen and oxygen atoms in total. The third kappa shape index (κ3) is 4.44. The summed E-state index contributed by atoms with van der Waals surface area (Å²) in [5.74, 6) is 0.593. The number of halogens is 1. The Morgan fingerprint density at radius 1 is 1.33 bits per heavy atom. The molecule has 0 aliphatic heterocycles. The van der Waals surface area contributed by atoms with E-state index in [0.717, 1.165) is 12.1 Å². The van der Waals surface area contributed by atoms with Gasteiger partial charge >= 0.3 is 0 Å². The molecular formula is C17H25ClN2O. The molecule has 1 aromatic heterocycles. The zero-order valence-electron chi connectivity index (χ0n) is 13.2. The van der Waals surface area contributed by atoms with Gasteiger partial charge in [-0.1, -0.05) is 51.6 Å². The number of amides is 1. The van der Waals surface area contributed by atoms with Gasteiger partial charge in [-0.05, 0) is 35.8 Å². The molecule has 1 saturated carbocycles. The first-order valence-corrected chi connectivity index (χ1v) is 8.20. The van der Waals surface area contributed by atoms with Crippen LogP contribution in [0.3, 0.4) is 0 Å². The van der Waals surface area contributed by atoms with E-state index in [1.165, 1.54) is 32.1 Å². The molecule has 0 radical (unpaired) electrons. The van der Waals surface area contributed by atoms with Gasteiger partial charge in [0.2, 0.25) is 0 Å². The van der Waals surface area contributed by atoms with Gasteiger partial charge < -0.3 is 5.32 Å². The molecule has 21 heavy (non-hydrogen) atoms. The van der Waals surface area contributed by atoms with Crippen molar-refractivity contribution in [3.63, 3.8) is 0 Å². The second-order valence-electron chi connectivity index (χ2n) is 7.02. The molecule has 1 fully saturated rings. The van der Waals surface area contributed by atoms with E-state index in [9.17, 15) is 4.79 Å². The number of aromatic nitrogens is 1. The smallest absolute Gasteiger partial charge is 0.253 e. The summed E-state index contributed by atoms with van der Waals surface area (Å²) in [5, 5.41) is 3.51. The van der Waals surface area contributed by atoms with Crippen LogP contribution in [0.4, 0.5) is 0 Å². The summed E-state index contributed by atoms with van der Waals surface area (Å²) in [6, 6.07) is 1.80. The second-order valence-corrected chi connectivity index (χ2v) is 7.40. The highest BCUT2D eigenvalue weighted by Crippen LogP contribution is 2.28. The minimum Gasteiger partial charge on any atom is -0.352 e. The van der Waals surface area contributed by atoms with E-state index in [0.29, 0.717) is 16.6 Å². The summed E-state index contributed by atoms with van der Waals surface area (Å²) >= 11 is 5.98. The van der Waals surface area contributed by atoms with Crippen molar-refractivity contribution in [2.24, 2.45) is 5.92 Å². The lowest BCUT2D eigenvalue weighted by molar-refractivity contribution is 0.0941. The Labute approximate surface area is 132 Å². The third-order valence-electron chi connectivity index (χ3n) is 4.20. The Balaban J connectivity index is 2.08. The summed E-state index contributed by atoms with van der Waals surface area (Å²) < 4.78 is 0. The van der Waals surface area contributed by atoms with Gasteiger partial charge in [0.25, 0.3) is 5.91 Å². The predicted molar refractivity (Wildman–Crippen MR) is 86.9 cm³/mol. The van der Waals surface area contributed by atoms with Crippen LogP contribution in [0, 0.1) is 5.92 Å². The van der Waals surface area contributed by atoms with Crippen molar-refractivity contribution in [3.8, 4) is 0 Å². The quantitative estimate of drug-likeness (QED) is 0.844. The highest BCUT2D eigenvalue weighted by atomic mass is 35.5. The van der Waals surface area contributed by atoms with Gasteiger partial charge in [-0.25, -0.2) is 4.98 Å². The predicted octanol–water partition coefficient (Wildman–Crippen LogP) is 4.34. The number of carbonyl (C=O) groups is 1. The summed E-state index contributed by atoms with van der Waals surface area (Å²) in [4.78, 5) is 16.5. The molecule has 116 valence electrons. The molecule has 0 unspecified atom stereocenters. The summed E-state index contributed by atoms with van der Waals surface area (Å²) in [6.07, 6.45) is 7.96. The molecule has 0 saturated heterocycles. The molecule has 1 aromatic rings. The van der Waals surface area contributed by atoms with Crippen molar-refractivity contribution in [3.05, 3.63) is 28.5 Å². The summed E-state index contributed by atoms with van der Waals surface area (Å²) in [5.41, 5.74) is 1.45. The molecule has 1 heterocycles. The van der Waals surface area contributed by atoms with Crippen molar-refractivity contribution >= 4 is 17.5 Å². The largest absolute Gasteiger partial charge is 0.352 e. The van der Waals surface area contributed by atoms with E-state index in [1.54, 1.807) is 12.3 Å². The number of hydrogen-bond acceptors (Lipinski definition) is 2. The average Bonchev–Trinajstić information content (AvgIpc) is 2.45. The number of pyridine rings is 1. The molecule has 1 aliphatic rings. The standard InChI is InChI=1S/C17H25ClN2O/c1-17(2,3)14-9-15(18)19-11-13(14)16(21)20-10-12-7-5-4-6-8-12/h9,11-12H,4-8,10H2,1-3H3,(H,20,21). The maximum Gasteiger partial charge on any atom is 0.253 e. The van der Waals surface area contributed by atoms with Crippen LogP contribution >= 0.6 is 11.6 Å². The number of nitrogens with zero attached hydrogens (tertiary/aromatic N) is 1. The Bertz CT molecular complexity index is 502. The fourth-order valence-electron chi connectivity index (χ4n) is 2.95. The first-order chi connectivity index (χ1) is 9.88. The second kappa shape index (κ2) is 6.78. The van der Waals surface area contributed by atoms with Crippen molar-refractivity contribution in [1.29, 1.82) is 0 Å². The van der Waals surface area contributed by atoms with E-state index in [4.69, 9.17) is 11.6 Å². The minimum atomic E-state index is -0.135. The molecule has 1 amide bonds. The SMILES string of the molecule is CC(C)(C)c1cc(Cl)ncc1C(=O)NCC1CCCCC1. The maximum atomic E-state index is 12.5. The minimum absolute atomic E-state index is 0.0327. The zero-order chi connectivity index (χ0) is 15.5. The van der Waals surface area contributed by atoms with Crippen LogP contribution in [0.25, 0.3) is 0 Å². The topological polar surface area (TPSA) is 42.0 Å². The molecule has 4 heteroatoms. The fraction of sp³-hybridized carbons (Fsp3) is 0.647. The molecule has 0 aromatic carbocycles. The van der Waals surface area contributed by atoms with E-state index < -0.39 is 0 Å². The van der Waals surface area contributed by atoms with Crippen LogP contribution in [0.2, 0.25) is 5.15 Å². The lowest BCUT2D eigenvalue weighted by Crippen LogP contribution is -2.32. The molecule has 2 rings (SSSR count). The highest BCUT2D eigenvalue weighted by molar-refractivity contribution is 6.29. The maximum absolute atomic E-state index is 12.5. The summed E-state index contributed by atoms with van der Waals surface area (Å²) in [7, 11) is 0. The lowest BCUT2D eigenvalue weighted by atomic mass is 9.84. The van der Waals surface area contributed by atoms with Gasteiger partial charge in [-0.2, -0.15) is 0 Å². The highest BCUT2D eigenvalue weighted by Gasteiger charge is 2.23. The average molecular weight is 309 g/mol. The van der Waals surface area contributed by atoms with E-state index in [2.05, 4.69) is 31.1 Å². The molecule has 1 aliphatic carbocycles. The number of nitrogens with one attached hydrogen (secondary N) is 1. The Hall–Kier alpha value is -1.09. The van der Waals surface area contributed by atoms with Gasteiger partial charge in [0.05, 0.1) is 5.56 Å². The first kappa shape index (κ1) is 16.3.